The zero-order valence-corrected chi connectivity index (χ0v) is 20.9. The van der Waals surface area contributed by atoms with Crippen molar-refractivity contribution in [1.29, 1.82) is 0 Å². The third kappa shape index (κ3) is 5.33. The molecule has 2 heterocycles. The first-order valence-corrected chi connectivity index (χ1v) is 12.8. The molecular formula is C25H30N4O5S. The standard InChI is InChI=1S/C25H30N4O5S/c1-28-15-13-26-24(28)23(18-6-4-8-21(16-18)34-3)27-25(30)19-7-5-14-29(17-19)35(31,32)22-11-9-20(33-2)10-12-22/h4,6,8-13,15-16,19,23H,5,7,14,17H2,1-3H3,(H,27,30). The molecule has 2 unspecified atom stereocenters. The van der Waals surface area contributed by atoms with Crippen LogP contribution in [0.2, 0.25) is 0 Å². The van der Waals surface area contributed by atoms with Crippen LogP contribution >= 0.6 is 0 Å². The molecule has 1 aliphatic rings. The number of amides is 1. The molecule has 1 saturated heterocycles. The smallest absolute Gasteiger partial charge is 0.243 e. The predicted molar refractivity (Wildman–Crippen MR) is 131 cm³/mol. The number of aromatic nitrogens is 2. The second-order valence-corrected chi connectivity index (χ2v) is 10.4. The molecule has 1 aliphatic heterocycles. The molecule has 1 amide bonds. The topological polar surface area (TPSA) is 103 Å². The Kier molecular flexibility index (Phi) is 7.42. The number of sulfonamides is 1. The van der Waals surface area contributed by atoms with Crippen molar-refractivity contribution in [2.24, 2.45) is 13.0 Å². The molecule has 2 atom stereocenters. The van der Waals surface area contributed by atoms with Gasteiger partial charge in [-0.3, -0.25) is 4.79 Å². The molecule has 2 aromatic carbocycles. The number of hydrogen-bond donors (Lipinski definition) is 1. The largest absolute Gasteiger partial charge is 0.497 e. The molecule has 1 fully saturated rings. The molecule has 9 nitrogen and oxygen atoms in total. The van der Waals surface area contributed by atoms with Gasteiger partial charge in [0.05, 0.1) is 25.0 Å². The Balaban J connectivity index is 1.54. The molecule has 3 aromatic rings. The summed E-state index contributed by atoms with van der Waals surface area (Å²) < 4.78 is 40.2. The van der Waals surface area contributed by atoms with E-state index in [9.17, 15) is 13.2 Å². The SMILES string of the molecule is COc1ccc(S(=O)(=O)N2CCCC(C(=O)NC(c3cccc(OC)c3)c3nccn3C)C2)cc1. The third-order valence-corrected chi connectivity index (χ3v) is 8.16. The molecule has 0 saturated carbocycles. The quantitative estimate of drug-likeness (QED) is 0.512. The van der Waals surface area contributed by atoms with Gasteiger partial charge in [0, 0.05) is 32.5 Å². The third-order valence-electron chi connectivity index (χ3n) is 6.28. The van der Waals surface area contributed by atoms with E-state index in [0.717, 1.165) is 5.56 Å². The van der Waals surface area contributed by atoms with Gasteiger partial charge >= 0.3 is 0 Å². The normalized spacial score (nSPS) is 17.5. The van der Waals surface area contributed by atoms with Crippen molar-refractivity contribution < 1.29 is 22.7 Å². The lowest BCUT2D eigenvalue weighted by Crippen LogP contribution is -2.46. The van der Waals surface area contributed by atoms with Gasteiger partial charge in [-0.15, -0.1) is 0 Å². The highest BCUT2D eigenvalue weighted by Crippen LogP contribution is 2.28. The molecule has 1 aromatic heterocycles. The number of nitrogens with one attached hydrogen (secondary N) is 1. The molecule has 4 rings (SSSR count). The summed E-state index contributed by atoms with van der Waals surface area (Å²) in [6.45, 7) is 0.489. The van der Waals surface area contributed by atoms with Crippen molar-refractivity contribution in [3.05, 3.63) is 72.3 Å². The first-order valence-electron chi connectivity index (χ1n) is 11.4. The zero-order valence-electron chi connectivity index (χ0n) is 20.0. The minimum Gasteiger partial charge on any atom is -0.497 e. The van der Waals surface area contributed by atoms with Crippen LogP contribution in [-0.2, 0) is 21.9 Å². The van der Waals surface area contributed by atoms with E-state index in [4.69, 9.17) is 9.47 Å². The van der Waals surface area contributed by atoms with Crippen LogP contribution in [0.4, 0.5) is 0 Å². The highest BCUT2D eigenvalue weighted by molar-refractivity contribution is 7.89. The van der Waals surface area contributed by atoms with E-state index in [2.05, 4.69) is 10.3 Å². The molecule has 186 valence electrons. The maximum atomic E-state index is 13.4. The molecule has 0 aliphatic carbocycles. The Bertz CT molecular complexity index is 1270. The Labute approximate surface area is 205 Å². The Morgan fingerprint density at radius 3 is 2.51 bits per heavy atom. The van der Waals surface area contributed by atoms with Gasteiger partial charge in [-0.05, 0) is 54.8 Å². The highest BCUT2D eigenvalue weighted by atomic mass is 32.2. The number of piperidine rings is 1. The van der Waals surface area contributed by atoms with Gasteiger partial charge in [0.25, 0.3) is 0 Å². The van der Waals surface area contributed by atoms with Crippen LogP contribution in [0.15, 0.2) is 65.8 Å². The molecule has 0 radical (unpaired) electrons. The van der Waals surface area contributed by atoms with Crippen molar-refractivity contribution in [3.63, 3.8) is 0 Å². The molecule has 0 spiro atoms. The van der Waals surface area contributed by atoms with Crippen molar-refractivity contribution in [2.75, 3.05) is 27.3 Å². The fourth-order valence-corrected chi connectivity index (χ4v) is 5.83. The Morgan fingerprint density at radius 2 is 1.86 bits per heavy atom. The summed E-state index contributed by atoms with van der Waals surface area (Å²) in [6, 6.07) is 13.2. The molecule has 35 heavy (non-hydrogen) atoms. The molecular weight excluding hydrogens is 468 g/mol. The minimum absolute atomic E-state index is 0.117. The van der Waals surface area contributed by atoms with Crippen LogP contribution in [0, 0.1) is 5.92 Å². The summed E-state index contributed by atoms with van der Waals surface area (Å²) in [5, 5.41) is 3.11. The van der Waals surface area contributed by atoms with Crippen LogP contribution in [-0.4, -0.2) is 55.5 Å². The van der Waals surface area contributed by atoms with E-state index < -0.39 is 22.0 Å². The maximum Gasteiger partial charge on any atom is 0.243 e. The fourth-order valence-electron chi connectivity index (χ4n) is 4.30. The van der Waals surface area contributed by atoms with Crippen molar-refractivity contribution in [1.82, 2.24) is 19.2 Å². The van der Waals surface area contributed by atoms with E-state index in [1.807, 2.05) is 42.1 Å². The number of carbonyl (C=O) groups is 1. The second kappa shape index (κ2) is 10.5. The number of benzene rings is 2. The van der Waals surface area contributed by atoms with E-state index in [1.165, 1.54) is 23.5 Å². The maximum absolute atomic E-state index is 13.4. The summed E-state index contributed by atoms with van der Waals surface area (Å²) >= 11 is 0. The number of methoxy groups -OCH3 is 2. The number of imidazole rings is 1. The van der Waals surface area contributed by atoms with Gasteiger partial charge in [0.1, 0.15) is 23.4 Å². The first kappa shape index (κ1) is 24.7. The lowest BCUT2D eigenvalue weighted by atomic mass is 9.97. The number of hydrogen-bond acceptors (Lipinski definition) is 6. The second-order valence-electron chi connectivity index (χ2n) is 8.49. The van der Waals surface area contributed by atoms with E-state index >= 15 is 0 Å². The van der Waals surface area contributed by atoms with Crippen LogP contribution in [0.25, 0.3) is 0 Å². The number of nitrogens with zero attached hydrogens (tertiary/aromatic N) is 3. The minimum atomic E-state index is -3.73. The van der Waals surface area contributed by atoms with Crippen LogP contribution < -0.4 is 14.8 Å². The van der Waals surface area contributed by atoms with Gasteiger partial charge < -0.3 is 19.4 Å². The number of carbonyl (C=O) groups excluding carboxylic acids is 1. The van der Waals surface area contributed by atoms with E-state index in [-0.39, 0.29) is 17.3 Å². The van der Waals surface area contributed by atoms with Gasteiger partial charge in [0.15, 0.2) is 0 Å². The van der Waals surface area contributed by atoms with Gasteiger partial charge in [-0.25, -0.2) is 13.4 Å². The van der Waals surface area contributed by atoms with Crippen molar-refractivity contribution in [2.45, 2.75) is 23.8 Å². The molecule has 10 heteroatoms. The fraction of sp³-hybridized carbons (Fsp3) is 0.360. The summed E-state index contributed by atoms with van der Waals surface area (Å²) in [4.78, 5) is 18.0. The first-order chi connectivity index (χ1) is 16.8. The molecule has 0 bridgehead atoms. The van der Waals surface area contributed by atoms with Crippen molar-refractivity contribution in [3.8, 4) is 11.5 Å². The Morgan fingerprint density at radius 1 is 1.11 bits per heavy atom. The van der Waals surface area contributed by atoms with Crippen LogP contribution in [0.5, 0.6) is 11.5 Å². The predicted octanol–water partition coefficient (Wildman–Crippen LogP) is 2.74. The summed E-state index contributed by atoms with van der Waals surface area (Å²) in [5.74, 6) is 1.23. The average Bonchev–Trinajstić information content (AvgIpc) is 3.32. The monoisotopic (exact) mass is 498 g/mol. The van der Waals surface area contributed by atoms with Gasteiger partial charge in [-0.2, -0.15) is 4.31 Å². The zero-order chi connectivity index (χ0) is 25.0. The summed E-state index contributed by atoms with van der Waals surface area (Å²) in [5.41, 5.74) is 0.825. The lowest BCUT2D eigenvalue weighted by molar-refractivity contribution is -0.126. The summed E-state index contributed by atoms with van der Waals surface area (Å²) in [7, 11) is 1.26. The van der Waals surface area contributed by atoms with Crippen molar-refractivity contribution >= 4 is 15.9 Å². The van der Waals surface area contributed by atoms with E-state index in [0.29, 0.717) is 36.7 Å². The van der Waals surface area contributed by atoms with Crippen LogP contribution in [0.3, 0.4) is 0 Å². The van der Waals surface area contributed by atoms with E-state index in [1.54, 1.807) is 25.4 Å². The number of rotatable bonds is 8. The van der Waals surface area contributed by atoms with Gasteiger partial charge in [0.2, 0.25) is 15.9 Å². The average molecular weight is 499 g/mol. The lowest BCUT2D eigenvalue weighted by Gasteiger charge is -2.32. The molecule has 1 N–H and O–H groups in total. The summed E-state index contributed by atoms with van der Waals surface area (Å²) in [6.07, 6.45) is 4.70. The van der Waals surface area contributed by atoms with Crippen LogP contribution in [0.1, 0.15) is 30.3 Å². The number of aryl methyl sites for hydroxylation is 1. The van der Waals surface area contributed by atoms with Gasteiger partial charge in [-0.1, -0.05) is 12.1 Å². The number of ether oxygens (including phenoxy) is 2. The highest BCUT2D eigenvalue weighted by Gasteiger charge is 2.34. The Hall–Kier alpha value is -3.37.